The molecular weight excluding hydrogens is 330 g/mol. The third-order valence-electron chi connectivity index (χ3n) is 5.42. The molecule has 142 valence electrons. The minimum atomic E-state index is 0.0738. The molecule has 26 heavy (non-hydrogen) atoms. The number of carbonyl (C=O) groups is 2. The molecule has 0 spiro atoms. The second-order valence-electron chi connectivity index (χ2n) is 7.20. The van der Waals surface area contributed by atoms with Gasteiger partial charge in [0.2, 0.25) is 17.8 Å². The van der Waals surface area contributed by atoms with Crippen LogP contribution < -0.4 is 10.2 Å². The van der Waals surface area contributed by atoms with E-state index >= 15 is 0 Å². The number of nitrogens with one attached hydrogen (secondary N) is 1. The molecule has 1 N–H and O–H groups in total. The van der Waals surface area contributed by atoms with Crippen LogP contribution in [-0.4, -0.2) is 59.4 Å². The normalized spacial score (nSPS) is 23.6. The van der Waals surface area contributed by atoms with Gasteiger partial charge in [0.15, 0.2) is 0 Å². The van der Waals surface area contributed by atoms with Gasteiger partial charge in [0.05, 0.1) is 0 Å². The van der Waals surface area contributed by atoms with E-state index in [2.05, 4.69) is 27.1 Å². The number of carbonyl (C=O) groups excluding carboxylic acids is 2. The van der Waals surface area contributed by atoms with Crippen LogP contribution in [0.1, 0.15) is 39.0 Å². The molecule has 1 aromatic rings. The Kier molecular flexibility index (Phi) is 6.41. The number of piperazine rings is 1. The van der Waals surface area contributed by atoms with Crippen LogP contribution in [0, 0.1) is 11.8 Å². The quantitative estimate of drug-likeness (QED) is 0.861. The minimum absolute atomic E-state index is 0.0738. The summed E-state index contributed by atoms with van der Waals surface area (Å²) in [6.07, 6.45) is 7.74. The van der Waals surface area contributed by atoms with Crippen LogP contribution in [0.3, 0.4) is 0 Å². The van der Waals surface area contributed by atoms with Gasteiger partial charge in [-0.05, 0) is 38.2 Å². The van der Waals surface area contributed by atoms with Crippen molar-refractivity contribution in [3.05, 3.63) is 18.5 Å². The summed E-state index contributed by atoms with van der Waals surface area (Å²) in [7, 11) is 0. The van der Waals surface area contributed by atoms with Gasteiger partial charge in [0.1, 0.15) is 0 Å². The average Bonchev–Trinajstić information content (AvgIpc) is 2.72. The van der Waals surface area contributed by atoms with Gasteiger partial charge in [-0.25, -0.2) is 9.97 Å². The van der Waals surface area contributed by atoms with Gasteiger partial charge >= 0.3 is 0 Å². The van der Waals surface area contributed by atoms with Crippen LogP contribution >= 0.6 is 0 Å². The van der Waals surface area contributed by atoms with Crippen molar-refractivity contribution in [2.45, 2.75) is 39.0 Å². The van der Waals surface area contributed by atoms with Crippen LogP contribution in [0.25, 0.3) is 0 Å². The number of aromatic nitrogens is 2. The maximum Gasteiger partial charge on any atom is 0.225 e. The van der Waals surface area contributed by atoms with E-state index in [1.807, 2.05) is 11.0 Å². The molecule has 1 saturated heterocycles. The van der Waals surface area contributed by atoms with E-state index in [4.69, 9.17) is 0 Å². The topological polar surface area (TPSA) is 78.4 Å². The second kappa shape index (κ2) is 8.96. The second-order valence-corrected chi connectivity index (χ2v) is 7.20. The molecule has 2 heterocycles. The third kappa shape index (κ3) is 4.51. The Bertz CT molecular complexity index is 593. The van der Waals surface area contributed by atoms with Crippen molar-refractivity contribution < 1.29 is 9.59 Å². The lowest BCUT2D eigenvalue weighted by molar-refractivity contribution is -0.138. The van der Waals surface area contributed by atoms with E-state index in [0.29, 0.717) is 13.1 Å². The first kappa shape index (κ1) is 18.6. The van der Waals surface area contributed by atoms with Gasteiger partial charge < -0.3 is 15.1 Å². The lowest BCUT2D eigenvalue weighted by atomic mass is 9.81. The third-order valence-corrected chi connectivity index (χ3v) is 5.42. The summed E-state index contributed by atoms with van der Waals surface area (Å²) < 4.78 is 0. The Labute approximate surface area is 155 Å². The minimum Gasteiger partial charge on any atom is -0.356 e. The highest BCUT2D eigenvalue weighted by molar-refractivity contribution is 5.81. The highest BCUT2D eigenvalue weighted by atomic mass is 16.2. The lowest BCUT2D eigenvalue weighted by Gasteiger charge is -2.37. The maximum absolute atomic E-state index is 12.8. The first-order chi connectivity index (χ1) is 12.7. The van der Waals surface area contributed by atoms with E-state index in [1.54, 1.807) is 12.4 Å². The first-order valence-electron chi connectivity index (χ1n) is 9.77. The zero-order valence-corrected chi connectivity index (χ0v) is 15.6. The first-order valence-corrected chi connectivity index (χ1v) is 9.77. The van der Waals surface area contributed by atoms with Gasteiger partial charge in [0, 0.05) is 57.0 Å². The summed E-state index contributed by atoms with van der Waals surface area (Å²) >= 11 is 0. The van der Waals surface area contributed by atoms with E-state index < -0.39 is 0 Å². The fourth-order valence-electron chi connectivity index (χ4n) is 3.83. The molecule has 0 aromatic carbocycles. The number of anilines is 1. The lowest BCUT2D eigenvalue weighted by Crippen LogP contribution is -2.51. The largest absolute Gasteiger partial charge is 0.356 e. The zero-order valence-electron chi connectivity index (χ0n) is 15.6. The van der Waals surface area contributed by atoms with E-state index in [1.165, 1.54) is 0 Å². The van der Waals surface area contributed by atoms with Crippen molar-refractivity contribution in [2.75, 3.05) is 37.6 Å². The predicted molar refractivity (Wildman–Crippen MR) is 99.6 cm³/mol. The number of amides is 2. The standard InChI is InChI=1S/C19H29N5O2/c1-2-8-20-17(25)15-4-6-16(7-5-15)18(26)23-11-13-24(14-12-23)19-21-9-3-10-22-19/h3,9-10,15-16H,2,4-8,11-14H2,1H3,(H,20,25). The molecule has 0 unspecified atom stereocenters. The fraction of sp³-hybridized carbons (Fsp3) is 0.684. The molecule has 7 heteroatoms. The van der Waals surface area contributed by atoms with E-state index in [9.17, 15) is 9.59 Å². The molecule has 2 amide bonds. The van der Waals surface area contributed by atoms with Gasteiger partial charge in [0.25, 0.3) is 0 Å². The Hall–Kier alpha value is -2.18. The summed E-state index contributed by atoms with van der Waals surface area (Å²) in [6.45, 7) is 5.77. The molecule has 2 fully saturated rings. The molecule has 2 aliphatic rings. The molecule has 0 radical (unpaired) electrons. The molecule has 1 aliphatic heterocycles. The molecule has 3 rings (SSSR count). The number of hydrogen-bond donors (Lipinski definition) is 1. The molecule has 0 atom stereocenters. The van der Waals surface area contributed by atoms with Gasteiger partial charge in [-0.2, -0.15) is 0 Å². The number of rotatable bonds is 5. The van der Waals surface area contributed by atoms with Crippen LogP contribution in [0.2, 0.25) is 0 Å². The van der Waals surface area contributed by atoms with Gasteiger partial charge in [-0.3, -0.25) is 9.59 Å². The van der Waals surface area contributed by atoms with Crippen LogP contribution in [0.4, 0.5) is 5.95 Å². The summed E-state index contributed by atoms with van der Waals surface area (Å²) in [4.78, 5) is 37.6. The zero-order chi connectivity index (χ0) is 18.4. The highest BCUT2D eigenvalue weighted by Crippen LogP contribution is 2.30. The maximum atomic E-state index is 12.8. The van der Waals surface area contributed by atoms with Crippen molar-refractivity contribution in [3.63, 3.8) is 0 Å². The Morgan fingerprint density at radius 1 is 1.04 bits per heavy atom. The van der Waals surface area contributed by atoms with Crippen molar-refractivity contribution in [3.8, 4) is 0 Å². The smallest absolute Gasteiger partial charge is 0.225 e. The highest BCUT2D eigenvalue weighted by Gasteiger charge is 2.33. The molecule has 1 aliphatic carbocycles. The fourth-order valence-corrected chi connectivity index (χ4v) is 3.83. The van der Waals surface area contributed by atoms with Crippen LogP contribution in [0.5, 0.6) is 0 Å². The molecule has 1 saturated carbocycles. The Morgan fingerprint density at radius 2 is 1.65 bits per heavy atom. The summed E-state index contributed by atoms with van der Waals surface area (Å²) in [5.74, 6) is 1.31. The Morgan fingerprint density at radius 3 is 2.27 bits per heavy atom. The number of nitrogens with zero attached hydrogens (tertiary/aromatic N) is 4. The van der Waals surface area contributed by atoms with Crippen molar-refractivity contribution in [1.82, 2.24) is 20.2 Å². The SMILES string of the molecule is CCCNC(=O)C1CCC(C(=O)N2CCN(c3ncccn3)CC2)CC1. The molecular formula is C19H29N5O2. The van der Waals surface area contributed by atoms with Crippen molar-refractivity contribution in [1.29, 1.82) is 0 Å². The van der Waals surface area contributed by atoms with Crippen molar-refractivity contribution >= 4 is 17.8 Å². The summed E-state index contributed by atoms with van der Waals surface area (Å²) in [6, 6.07) is 1.81. The average molecular weight is 359 g/mol. The summed E-state index contributed by atoms with van der Waals surface area (Å²) in [5, 5.41) is 2.98. The van der Waals surface area contributed by atoms with E-state index in [-0.39, 0.29) is 23.7 Å². The molecule has 0 bridgehead atoms. The molecule has 1 aromatic heterocycles. The summed E-state index contributed by atoms with van der Waals surface area (Å²) in [5.41, 5.74) is 0. The number of hydrogen-bond acceptors (Lipinski definition) is 5. The Balaban J connectivity index is 1.44. The van der Waals surface area contributed by atoms with E-state index in [0.717, 1.165) is 57.7 Å². The van der Waals surface area contributed by atoms with Crippen LogP contribution in [-0.2, 0) is 9.59 Å². The van der Waals surface area contributed by atoms with Gasteiger partial charge in [-0.1, -0.05) is 6.92 Å². The van der Waals surface area contributed by atoms with Crippen LogP contribution in [0.15, 0.2) is 18.5 Å². The van der Waals surface area contributed by atoms with Gasteiger partial charge in [-0.15, -0.1) is 0 Å². The monoisotopic (exact) mass is 359 g/mol. The van der Waals surface area contributed by atoms with Crippen molar-refractivity contribution in [2.24, 2.45) is 11.8 Å². The predicted octanol–water partition coefficient (Wildman–Crippen LogP) is 1.46. The molecule has 7 nitrogen and oxygen atoms in total.